The van der Waals surface area contributed by atoms with Crippen LogP contribution in [0.3, 0.4) is 0 Å². The molecule has 1 aromatic heterocycles. The van der Waals surface area contributed by atoms with Crippen LogP contribution in [0.4, 0.5) is 4.79 Å². The van der Waals surface area contributed by atoms with Crippen LogP contribution in [0.5, 0.6) is 0 Å². The monoisotopic (exact) mass is 274 g/mol. The number of nitrogens with one attached hydrogen (secondary N) is 2. The Labute approximate surface area is 117 Å². The summed E-state index contributed by atoms with van der Waals surface area (Å²) in [6.45, 7) is 0.214. The molecule has 0 unspecified atom stereocenters. The van der Waals surface area contributed by atoms with Crippen LogP contribution in [0.25, 0.3) is 0 Å². The van der Waals surface area contributed by atoms with Crippen molar-refractivity contribution in [2.75, 3.05) is 6.61 Å². The third-order valence-electron chi connectivity index (χ3n) is 2.88. The molecule has 5 heteroatoms. The van der Waals surface area contributed by atoms with Crippen molar-refractivity contribution in [2.24, 2.45) is 0 Å². The minimum absolute atomic E-state index is 0.108. The van der Waals surface area contributed by atoms with E-state index in [9.17, 15) is 9.90 Å². The largest absolute Gasteiger partial charge is 0.467 e. The molecule has 0 saturated heterocycles. The van der Waals surface area contributed by atoms with Crippen LogP contribution >= 0.6 is 0 Å². The number of aliphatic hydroxyl groups excluding tert-OH is 1. The molecule has 2 aromatic rings. The molecule has 2 amide bonds. The second kappa shape index (κ2) is 7.35. The molecule has 0 bridgehead atoms. The molecule has 0 radical (unpaired) electrons. The number of hydrogen-bond acceptors (Lipinski definition) is 3. The Morgan fingerprint density at radius 1 is 1.20 bits per heavy atom. The number of rotatable bonds is 6. The van der Waals surface area contributed by atoms with Gasteiger partial charge in [0.25, 0.3) is 0 Å². The van der Waals surface area contributed by atoms with E-state index in [1.54, 1.807) is 18.4 Å². The number of urea groups is 1. The summed E-state index contributed by atoms with van der Waals surface area (Å²) in [6.07, 6.45) is 2.15. The fraction of sp³-hybridized carbons (Fsp3) is 0.267. The molecule has 0 aliphatic heterocycles. The predicted molar refractivity (Wildman–Crippen MR) is 75.1 cm³/mol. The van der Waals surface area contributed by atoms with E-state index in [-0.39, 0.29) is 18.7 Å². The summed E-state index contributed by atoms with van der Waals surface area (Å²) in [5.74, 6) is 0.684. The van der Waals surface area contributed by atoms with E-state index in [2.05, 4.69) is 10.6 Å². The molecule has 20 heavy (non-hydrogen) atoms. The number of benzene rings is 1. The van der Waals surface area contributed by atoms with Crippen molar-refractivity contribution in [3.8, 4) is 0 Å². The van der Waals surface area contributed by atoms with Gasteiger partial charge < -0.3 is 20.2 Å². The van der Waals surface area contributed by atoms with Gasteiger partial charge in [0.05, 0.1) is 25.5 Å². The van der Waals surface area contributed by atoms with Crippen molar-refractivity contribution in [2.45, 2.75) is 19.0 Å². The Kier molecular flexibility index (Phi) is 5.20. The number of aliphatic hydroxyl groups is 1. The van der Waals surface area contributed by atoms with Crippen molar-refractivity contribution in [3.63, 3.8) is 0 Å². The maximum atomic E-state index is 11.7. The van der Waals surface area contributed by atoms with E-state index in [1.165, 1.54) is 0 Å². The molecule has 106 valence electrons. The van der Waals surface area contributed by atoms with E-state index < -0.39 is 0 Å². The van der Waals surface area contributed by atoms with E-state index in [0.29, 0.717) is 18.7 Å². The number of amides is 2. The van der Waals surface area contributed by atoms with E-state index in [0.717, 1.165) is 5.56 Å². The van der Waals surface area contributed by atoms with Crippen LogP contribution in [0, 0.1) is 0 Å². The zero-order valence-corrected chi connectivity index (χ0v) is 11.1. The van der Waals surface area contributed by atoms with Gasteiger partial charge in [-0.3, -0.25) is 0 Å². The molecule has 0 spiro atoms. The summed E-state index contributed by atoms with van der Waals surface area (Å²) in [5, 5.41) is 14.7. The van der Waals surface area contributed by atoms with Crippen LogP contribution in [0.2, 0.25) is 0 Å². The molecule has 0 aliphatic carbocycles. The fourth-order valence-electron chi connectivity index (χ4n) is 1.88. The van der Waals surface area contributed by atoms with Gasteiger partial charge in [-0.2, -0.15) is 0 Å². The average Bonchev–Trinajstić information content (AvgIpc) is 2.99. The van der Waals surface area contributed by atoms with E-state index in [4.69, 9.17) is 4.42 Å². The Balaban J connectivity index is 1.79. The van der Waals surface area contributed by atoms with Crippen LogP contribution < -0.4 is 10.6 Å². The quantitative estimate of drug-likeness (QED) is 0.750. The maximum absolute atomic E-state index is 11.7. The van der Waals surface area contributed by atoms with E-state index >= 15 is 0 Å². The topological polar surface area (TPSA) is 74.5 Å². The van der Waals surface area contributed by atoms with Crippen LogP contribution in [-0.2, 0) is 13.0 Å². The molecule has 5 nitrogen and oxygen atoms in total. The predicted octanol–water partition coefficient (Wildman–Crippen LogP) is 1.68. The number of carbonyl (C=O) groups is 1. The first kappa shape index (κ1) is 14.1. The summed E-state index contributed by atoms with van der Waals surface area (Å²) in [5.41, 5.74) is 1.07. The minimum atomic E-state index is -0.323. The summed E-state index contributed by atoms with van der Waals surface area (Å²) in [7, 11) is 0. The normalized spacial score (nSPS) is 11.8. The summed E-state index contributed by atoms with van der Waals surface area (Å²) in [6, 6.07) is 12.6. The highest BCUT2D eigenvalue weighted by Gasteiger charge is 2.12. The van der Waals surface area contributed by atoms with Gasteiger partial charge in [-0.05, 0) is 24.1 Å². The molecule has 1 aromatic carbocycles. The summed E-state index contributed by atoms with van der Waals surface area (Å²) in [4.78, 5) is 11.7. The number of carbonyl (C=O) groups excluding carboxylic acids is 1. The van der Waals surface area contributed by atoms with Crippen molar-refractivity contribution < 1.29 is 14.3 Å². The summed E-state index contributed by atoms with van der Waals surface area (Å²) < 4.78 is 5.12. The zero-order chi connectivity index (χ0) is 14.2. The lowest BCUT2D eigenvalue weighted by molar-refractivity contribution is 0.215. The lowest BCUT2D eigenvalue weighted by Gasteiger charge is -2.16. The molecule has 0 aliphatic rings. The first-order valence-electron chi connectivity index (χ1n) is 6.49. The molecule has 1 atom stereocenters. The molecule has 3 N–H and O–H groups in total. The molecule has 2 rings (SSSR count). The Morgan fingerprint density at radius 3 is 2.65 bits per heavy atom. The van der Waals surface area contributed by atoms with Gasteiger partial charge >= 0.3 is 6.03 Å². The van der Waals surface area contributed by atoms with Gasteiger partial charge in [-0.1, -0.05) is 30.3 Å². The first-order valence-corrected chi connectivity index (χ1v) is 6.49. The third-order valence-corrected chi connectivity index (χ3v) is 2.88. The third kappa shape index (κ3) is 4.44. The second-order valence-corrected chi connectivity index (χ2v) is 4.48. The van der Waals surface area contributed by atoms with Crippen molar-refractivity contribution in [1.82, 2.24) is 10.6 Å². The average molecular weight is 274 g/mol. The van der Waals surface area contributed by atoms with Gasteiger partial charge in [0, 0.05) is 0 Å². The molecule has 0 fully saturated rings. The maximum Gasteiger partial charge on any atom is 0.315 e. The van der Waals surface area contributed by atoms with Gasteiger partial charge in [-0.25, -0.2) is 4.79 Å². The highest BCUT2D eigenvalue weighted by molar-refractivity contribution is 5.74. The van der Waals surface area contributed by atoms with Crippen molar-refractivity contribution in [3.05, 3.63) is 60.1 Å². The number of furan rings is 1. The standard InChI is InChI=1S/C15H18N2O3/c18-11-13(9-12-5-2-1-3-6-12)17-15(19)16-10-14-7-4-8-20-14/h1-8,13,18H,9-11H2,(H2,16,17,19)/t13-/m1/s1. The van der Waals surface area contributed by atoms with Gasteiger partial charge in [-0.15, -0.1) is 0 Å². The SMILES string of the molecule is O=C(NCc1ccco1)N[C@@H](CO)Cc1ccccc1. The van der Waals surface area contributed by atoms with Gasteiger partial charge in [0.2, 0.25) is 0 Å². The lowest BCUT2D eigenvalue weighted by atomic mass is 10.1. The summed E-state index contributed by atoms with van der Waals surface area (Å²) >= 11 is 0. The minimum Gasteiger partial charge on any atom is -0.467 e. The highest BCUT2D eigenvalue weighted by atomic mass is 16.3. The van der Waals surface area contributed by atoms with Crippen LogP contribution in [0.15, 0.2) is 53.1 Å². The molecule has 1 heterocycles. The van der Waals surface area contributed by atoms with E-state index in [1.807, 2.05) is 30.3 Å². The Hall–Kier alpha value is -2.27. The smallest absolute Gasteiger partial charge is 0.315 e. The Bertz CT molecular complexity index is 511. The van der Waals surface area contributed by atoms with Crippen LogP contribution in [0.1, 0.15) is 11.3 Å². The molecular weight excluding hydrogens is 256 g/mol. The second-order valence-electron chi connectivity index (χ2n) is 4.48. The lowest BCUT2D eigenvalue weighted by Crippen LogP contribution is -2.44. The van der Waals surface area contributed by atoms with Gasteiger partial charge in [0.1, 0.15) is 5.76 Å². The molecule has 0 saturated carbocycles. The Morgan fingerprint density at radius 2 is 2.00 bits per heavy atom. The zero-order valence-electron chi connectivity index (χ0n) is 11.1. The van der Waals surface area contributed by atoms with Crippen LogP contribution in [-0.4, -0.2) is 23.8 Å². The first-order chi connectivity index (χ1) is 9.78. The van der Waals surface area contributed by atoms with Crippen molar-refractivity contribution in [1.29, 1.82) is 0 Å². The fourth-order valence-corrected chi connectivity index (χ4v) is 1.88. The van der Waals surface area contributed by atoms with Crippen molar-refractivity contribution >= 4 is 6.03 Å². The molecular formula is C15H18N2O3. The number of hydrogen-bond donors (Lipinski definition) is 3. The van der Waals surface area contributed by atoms with Gasteiger partial charge in [0.15, 0.2) is 0 Å². The highest BCUT2D eigenvalue weighted by Crippen LogP contribution is 2.03.